The lowest BCUT2D eigenvalue weighted by Gasteiger charge is -2.20. The van der Waals surface area contributed by atoms with E-state index >= 15 is 0 Å². The number of allylic oxidation sites excluding steroid dienone is 1. The molecule has 2 rings (SSSR count). The van der Waals surface area contributed by atoms with Crippen LogP contribution in [-0.4, -0.2) is 23.9 Å². The molecular formula is C20H16Cl2F2N4O2. The standard InChI is InChI=1S/C20H16Cl2F2N4O2/c1-11(29)28(13-5-6-17(23)18(24)8-13)19(26)7-12(10-25)27-20(30)9-14-15(21)3-2-4-16(14)22/h2-8,10,25-26H,9H2,1H3,(H,27,30)/b12-7+,25-10?,26-19?. The van der Waals surface area contributed by atoms with Gasteiger partial charge >= 0.3 is 0 Å². The predicted molar refractivity (Wildman–Crippen MR) is 112 cm³/mol. The lowest BCUT2D eigenvalue weighted by atomic mass is 10.1. The number of amides is 2. The minimum absolute atomic E-state index is 0.0823. The Balaban J connectivity index is 2.23. The highest BCUT2D eigenvalue weighted by molar-refractivity contribution is 6.36. The Morgan fingerprint density at radius 1 is 1.13 bits per heavy atom. The van der Waals surface area contributed by atoms with E-state index < -0.39 is 29.3 Å². The van der Waals surface area contributed by atoms with Gasteiger partial charge in [0.05, 0.1) is 17.8 Å². The fourth-order valence-electron chi connectivity index (χ4n) is 2.51. The molecule has 2 aromatic carbocycles. The van der Waals surface area contributed by atoms with E-state index in [-0.39, 0.29) is 17.8 Å². The van der Waals surface area contributed by atoms with Crippen molar-refractivity contribution < 1.29 is 18.4 Å². The number of hydrogen-bond donors (Lipinski definition) is 3. The van der Waals surface area contributed by atoms with Crippen molar-refractivity contribution in [2.45, 2.75) is 13.3 Å². The molecule has 0 atom stereocenters. The highest BCUT2D eigenvalue weighted by Gasteiger charge is 2.18. The third-order valence-corrected chi connectivity index (χ3v) is 4.56. The quantitative estimate of drug-likeness (QED) is 0.444. The Morgan fingerprint density at radius 3 is 2.30 bits per heavy atom. The van der Waals surface area contributed by atoms with Crippen LogP contribution >= 0.6 is 23.2 Å². The summed E-state index contributed by atoms with van der Waals surface area (Å²) in [6.45, 7) is 1.13. The molecule has 2 aromatic rings. The van der Waals surface area contributed by atoms with Gasteiger partial charge in [-0.25, -0.2) is 8.78 Å². The SMILES string of the molecule is CC(=O)N(C(=N)/C=C(\C=N)NC(=O)Cc1c(Cl)cccc1Cl)c1ccc(F)c(F)c1. The first-order valence-corrected chi connectivity index (χ1v) is 9.18. The third kappa shape index (κ3) is 5.71. The number of nitrogens with zero attached hydrogens (tertiary/aromatic N) is 1. The predicted octanol–water partition coefficient (Wildman–Crippen LogP) is 4.49. The van der Waals surface area contributed by atoms with Crippen LogP contribution in [0.25, 0.3) is 0 Å². The second kappa shape index (κ2) is 10.1. The van der Waals surface area contributed by atoms with Crippen LogP contribution in [-0.2, 0) is 16.0 Å². The van der Waals surface area contributed by atoms with Crippen LogP contribution in [0.5, 0.6) is 0 Å². The van der Waals surface area contributed by atoms with Gasteiger partial charge in [-0.1, -0.05) is 29.3 Å². The molecule has 10 heteroatoms. The molecule has 0 spiro atoms. The van der Waals surface area contributed by atoms with Crippen LogP contribution in [0.15, 0.2) is 48.2 Å². The topological polar surface area (TPSA) is 97.1 Å². The van der Waals surface area contributed by atoms with Crippen LogP contribution in [0.2, 0.25) is 10.0 Å². The summed E-state index contributed by atoms with van der Waals surface area (Å²) in [7, 11) is 0. The zero-order chi connectivity index (χ0) is 22.4. The normalized spacial score (nSPS) is 11.0. The molecule has 0 aliphatic rings. The Hall–Kier alpha value is -3.10. The van der Waals surface area contributed by atoms with E-state index in [1.165, 1.54) is 0 Å². The Kier molecular flexibility index (Phi) is 7.79. The number of rotatable bonds is 6. The minimum Gasteiger partial charge on any atom is -0.324 e. The minimum atomic E-state index is -1.19. The molecule has 156 valence electrons. The molecule has 3 N–H and O–H groups in total. The van der Waals surface area contributed by atoms with Crippen molar-refractivity contribution in [3.8, 4) is 0 Å². The van der Waals surface area contributed by atoms with Crippen LogP contribution < -0.4 is 10.2 Å². The van der Waals surface area contributed by atoms with Crippen LogP contribution in [0.3, 0.4) is 0 Å². The third-order valence-electron chi connectivity index (χ3n) is 3.85. The van der Waals surface area contributed by atoms with Crippen LogP contribution in [0.1, 0.15) is 12.5 Å². The molecule has 0 heterocycles. The summed E-state index contributed by atoms with van der Waals surface area (Å²) in [6.07, 6.45) is 1.61. The summed E-state index contributed by atoms with van der Waals surface area (Å²) < 4.78 is 26.7. The Labute approximate surface area is 181 Å². The van der Waals surface area contributed by atoms with Gasteiger partial charge in [0.1, 0.15) is 5.84 Å². The smallest absolute Gasteiger partial charge is 0.229 e. The molecule has 0 saturated heterocycles. The number of hydrogen-bond acceptors (Lipinski definition) is 4. The Morgan fingerprint density at radius 2 is 1.77 bits per heavy atom. The van der Waals surface area contributed by atoms with Gasteiger partial charge < -0.3 is 10.7 Å². The fraction of sp³-hybridized carbons (Fsp3) is 0.100. The second-order valence-electron chi connectivity index (χ2n) is 6.01. The van der Waals surface area contributed by atoms with E-state index in [1.54, 1.807) is 18.2 Å². The molecule has 0 aliphatic heterocycles. The first-order valence-electron chi connectivity index (χ1n) is 8.43. The molecule has 0 fully saturated rings. The summed E-state index contributed by atoms with van der Waals surface area (Å²) in [5.74, 6) is -3.97. The first-order chi connectivity index (χ1) is 14.1. The van der Waals surface area contributed by atoms with Gasteiger partial charge in [0.25, 0.3) is 0 Å². The first kappa shape index (κ1) is 23.2. The summed E-state index contributed by atoms with van der Waals surface area (Å²) in [6, 6.07) is 7.50. The average molecular weight is 453 g/mol. The van der Waals surface area contributed by atoms with Crippen molar-refractivity contribution >= 4 is 52.8 Å². The number of halogens is 4. The van der Waals surface area contributed by atoms with Gasteiger partial charge in [-0.15, -0.1) is 0 Å². The molecule has 0 bridgehead atoms. The number of carbonyl (C=O) groups excluding carboxylic acids is 2. The van der Waals surface area contributed by atoms with Crippen molar-refractivity contribution in [3.05, 3.63) is 75.4 Å². The van der Waals surface area contributed by atoms with Crippen molar-refractivity contribution in [1.29, 1.82) is 10.8 Å². The van der Waals surface area contributed by atoms with Gasteiger partial charge in [-0.2, -0.15) is 0 Å². The molecule has 0 unspecified atom stereocenters. The maximum absolute atomic E-state index is 13.5. The molecular weight excluding hydrogens is 437 g/mol. The summed E-state index contributed by atoms with van der Waals surface area (Å²) in [5, 5.41) is 18.6. The monoisotopic (exact) mass is 452 g/mol. The number of nitrogens with one attached hydrogen (secondary N) is 3. The van der Waals surface area contributed by atoms with Gasteiger partial charge in [-0.05, 0) is 29.8 Å². The van der Waals surface area contributed by atoms with E-state index in [0.29, 0.717) is 15.6 Å². The van der Waals surface area contributed by atoms with E-state index in [0.717, 1.165) is 42.3 Å². The zero-order valence-corrected chi connectivity index (χ0v) is 17.1. The largest absolute Gasteiger partial charge is 0.324 e. The van der Waals surface area contributed by atoms with Gasteiger partial charge in [0, 0.05) is 35.3 Å². The Bertz CT molecular complexity index is 1040. The molecule has 6 nitrogen and oxygen atoms in total. The number of anilines is 1. The molecule has 0 aliphatic carbocycles. The molecule has 30 heavy (non-hydrogen) atoms. The highest BCUT2D eigenvalue weighted by atomic mass is 35.5. The van der Waals surface area contributed by atoms with E-state index in [4.69, 9.17) is 34.0 Å². The van der Waals surface area contributed by atoms with Gasteiger partial charge in [-0.3, -0.25) is 19.9 Å². The molecule has 2 amide bonds. The second-order valence-corrected chi connectivity index (χ2v) is 6.82. The molecule has 0 aromatic heterocycles. The van der Waals surface area contributed by atoms with E-state index in [9.17, 15) is 18.4 Å². The van der Waals surface area contributed by atoms with E-state index in [1.807, 2.05) is 0 Å². The number of amidine groups is 1. The molecule has 0 radical (unpaired) electrons. The van der Waals surface area contributed by atoms with Crippen LogP contribution in [0, 0.1) is 22.5 Å². The number of benzene rings is 2. The van der Waals surface area contributed by atoms with Crippen LogP contribution in [0.4, 0.5) is 14.5 Å². The van der Waals surface area contributed by atoms with Crippen molar-refractivity contribution in [2.24, 2.45) is 0 Å². The summed E-state index contributed by atoms with van der Waals surface area (Å²) in [4.78, 5) is 25.1. The van der Waals surface area contributed by atoms with Crippen molar-refractivity contribution in [3.63, 3.8) is 0 Å². The fourth-order valence-corrected chi connectivity index (χ4v) is 3.04. The lowest BCUT2D eigenvalue weighted by molar-refractivity contribution is -0.119. The maximum atomic E-state index is 13.5. The van der Waals surface area contributed by atoms with Gasteiger partial charge in [0.15, 0.2) is 11.6 Å². The van der Waals surface area contributed by atoms with Crippen molar-refractivity contribution in [1.82, 2.24) is 5.32 Å². The highest BCUT2D eigenvalue weighted by Crippen LogP contribution is 2.24. The maximum Gasteiger partial charge on any atom is 0.229 e. The molecule has 0 saturated carbocycles. The zero-order valence-electron chi connectivity index (χ0n) is 15.6. The average Bonchev–Trinajstić information content (AvgIpc) is 2.67. The van der Waals surface area contributed by atoms with Gasteiger partial charge in [0.2, 0.25) is 11.8 Å². The summed E-state index contributed by atoms with van der Waals surface area (Å²) in [5.41, 5.74) is 0.202. The number of carbonyl (C=O) groups is 2. The summed E-state index contributed by atoms with van der Waals surface area (Å²) >= 11 is 12.1. The van der Waals surface area contributed by atoms with Crippen molar-refractivity contribution in [2.75, 3.05) is 4.90 Å². The van der Waals surface area contributed by atoms with E-state index in [2.05, 4.69) is 5.32 Å². The lowest BCUT2D eigenvalue weighted by Crippen LogP contribution is -2.35.